The highest BCUT2D eigenvalue weighted by Gasteiger charge is 2.27. The largest absolute Gasteiger partial charge is 0.457 e. The van der Waals surface area contributed by atoms with Crippen molar-refractivity contribution in [2.24, 2.45) is 0 Å². The standard InChI is InChI=1S/C27H25ClN2O/c28-23-10-4-8-21(18-23)20-30-17-7-16-29-15-6-14-26(29)27(30)22-9-5-13-25(19-22)31-24-11-2-1-3-12-24/h1-6,8-15,18-19,27H,7,16-17,20H2/t27-/m1/s1. The lowest BCUT2D eigenvalue weighted by molar-refractivity contribution is 0.220. The molecule has 0 saturated heterocycles. The molecule has 0 fully saturated rings. The van der Waals surface area contributed by atoms with Crippen LogP contribution in [0.15, 0.2) is 97.2 Å². The third-order valence-corrected chi connectivity index (χ3v) is 6.02. The second kappa shape index (κ2) is 9.01. The van der Waals surface area contributed by atoms with E-state index in [1.54, 1.807) is 0 Å². The first-order chi connectivity index (χ1) is 15.3. The first-order valence-electron chi connectivity index (χ1n) is 10.7. The quantitative estimate of drug-likeness (QED) is 0.343. The van der Waals surface area contributed by atoms with E-state index in [0.29, 0.717) is 0 Å². The Hall–Kier alpha value is -3.01. The maximum absolute atomic E-state index is 6.27. The molecule has 3 aromatic carbocycles. The molecule has 4 aromatic rings. The summed E-state index contributed by atoms with van der Waals surface area (Å²) in [6.07, 6.45) is 3.30. The zero-order valence-electron chi connectivity index (χ0n) is 17.3. The van der Waals surface area contributed by atoms with Crippen LogP contribution in [-0.4, -0.2) is 16.0 Å². The van der Waals surface area contributed by atoms with E-state index in [-0.39, 0.29) is 6.04 Å². The van der Waals surface area contributed by atoms with Gasteiger partial charge in [-0.2, -0.15) is 0 Å². The zero-order chi connectivity index (χ0) is 21.0. The summed E-state index contributed by atoms with van der Waals surface area (Å²) in [6, 6.07) is 31.1. The summed E-state index contributed by atoms with van der Waals surface area (Å²) >= 11 is 6.27. The molecule has 1 aliphatic rings. The number of hydrogen-bond acceptors (Lipinski definition) is 2. The molecule has 0 saturated carbocycles. The molecule has 0 amide bonds. The van der Waals surface area contributed by atoms with Crippen LogP contribution in [0, 0.1) is 0 Å². The van der Waals surface area contributed by atoms with Gasteiger partial charge in [-0.1, -0.05) is 54.1 Å². The summed E-state index contributed by atoms with van der Waals surface area (Å²) < 4.78 is 8.52. The van der Waals surface area contributed by atoms with Crippen LogP contribution < -0.4 is 4.74 Å². The van der Waals surface area contributed by atoms with Gasteiger partial charge in [-0.15, -0.1) is 0 Å². The van der Waals surface area contributed by atoms with Crippen LogP contribution in [0.4, 0.5) is 0 Å². The molecule has 156 valence electrons. The van der Waals surface area contributed by atoms with Crippen LogP contribution in [0.25, 0.3) is 0 Å². The summed E-state index contributed by atoms with van der Waals surface area (Å²) in [5, 5.41) is 0.783. The van der Waals surface area contributed by atoms with E-state index in [2.05, 4.69) is 58.1 Å². The van der Waals surface area contributed by atoms with E-state index in [1.807, 2.05) is 48.5 Å². The summed E-state index contributed by atoms with van der Waals surface area (Å²) in [5.74, 6) is 1.70. The van der Waals surface area contributed by atoms with Gasteiger partial charge in [0.1, 0.15) is 11.5 Å². The van der Waals surface area contributed by atoms with E-state index in [1.165, 1.54) is 16.8 Å². The Balaban J connectivity index is 1.51. The van der Waals surface area contributed by atoms with Gasteiger partial charge in [0.2, 0.25) is 0 Å². The number of fused-ring (bicyclic) bond motifs is 1. The normalized spacial score (nSPS) is 16.5. The van der Waals surface area contributed by atoms with Gasteiger partial charge in [-0.05, 0) is 66.1 Å². The molecule has 0 radical (unpaired) electrons. The van der Waals surface area contributed by atoms with Gasteiger partial charge < -0.3 is 9.30 Å². The number of nitrogens with zero attached hydrogens (tertiary/aromatic N) is 2. The van der Waals surface area contributed by atoms with Crippen molar-refractivity contribution in [2.45, 2.75) is 25.6 Å². The number of para-hydroxylation sites is 1. The van der Waals surface area contributed by atoms with E-state index in [0.717, 1.165) is 42.6 Å². The molecule has 2 heterocycles. The number of halogens is 1. The Morgan fingerprint density at radius 1 is 0.806 bits per heavy atom. The van der Waals surface area contributed by atoms with E-state index in [4.69, 9.17) is 16.3 Å². The molecule has 1 aromatic heterocycles. The molecule has 5 rings (SSSR count). The van der Waals surface area contributed by atoms with Crippen molar-refractivity contribution in [2.75, 3.05) is 6.54 Å². The van der Waals surface area contributed by atoms with Gasteiger partial charge in [0.15, 0.2) is 0 Å². The third-order valence-electron chi connectivity index (χ3n) is 5.78. The van der Waals surface area contributed by atoms with Gasteiger partial charge in [-0.3, -0.25) is 4.90 Å². The van der Waals surface area contributed by atoms with Crippen LogP contribution in [-0.2, 0) is 13.1 Å². The molecule has 31 heavy (non-hydrogen) atoms. The van der Waals surface area contributed by atoms with Crippen molar-refractivity contribution in [1.29, 1.82) is 0 Å². The Kier molecular flexibility index (Phi) is 5.79. The smallest absolute Gasteiger partial charge is 0.127 e. The van der Waals surface area contributed by atoms with E-state index >= 15 is 0 Å². The number of rotatable bonds is 5. The number of benzene rings is 3. The lowest BCUT2D eigenvalue weighted by atomic mass is 10.0. The van der Waals surface area contributed by atoms with Crippen LogP contribution in [0.5, 0.6) is 11.5 Å². The number of aromatic nitrogens is 1. The van der Waals surface area contributed by atoms with Crippen molar-refractivity contribution in [3.63, 3.8) is 0 Å². The molecule has 0 spiro atoms. The van der Waals surface area contributed by atoms with Crippen molar-refractivity contribution in [3.05, 3.63) is 119 Å². The number of aryl methyl sites for hydroxylation is 1. The third kappa shape index (κ3) is 4.53. The number of ether oxygens (including phenoxy) is 1. The van der Waals surface area contributed by atoms with Gasteiger partial charge in [0.05, 0.1) is 6.04 Å². The van der Waals surface area contributed by atoms with Crippen molar-refractivity contribution < 1.29 is 4.74 Å². The first kappa shape index (κ1) is 19.9. The average Bonchev–Trinajstić information content (AvgIpc) is 3.16. The Labute approximate surface area is 188 Å². The lowest BCUT2D eigenvalue weighted by Gasteiger charge is -2.31. The Morgan fingerprint density at radius 2 is 1.65 bits per heavy atom. The number of hydrogen-bond donors (Lipinski definition) is 0. The highest BCUT2D eigenvalue weighted by molar-refractivity contribution is 6.30. The minimum Gasteiger partial charge on any atom is -0.457 e. The van der Waals surface area contributed by atoms with Crippen LogP contribution in [0.1, 0.15) is 29.3 Å². The molecule has 0 N–H and O–H groups in total. The zero-order valence-corrected chi connectivity index (χ0v) is 18.1. The second-order valence-electron chi connectivity index (χ2n) is 7.97. The van der Waals surface area contributed by atoms with Crippen LogP contribution in [0.2, 0.25) is 5.02 Å². The SMILES string of the molecule is Clc1cccc(CN2CCCn3cccc3[C@H]2c2cccc(Oc3ccccc3)c2)c1. The molecule has 1 aliphatic heterocycles. The van der Waals surface area contributed by atoms with Gasteiger partial charge in [0.25, 0.3) is 0 Å². The summed E-state index contributed by atoms with van der Waals surface area (Å²) in [4.78, 5) is 2.55. The average molecular weight is 429 g/mol. The van der Waals surface area contributed by atoms with Crippen molar-refractivity contribution in [1.82, 2.24) is 9.47 Å². The molecule has 0 aliphatic carbocycles. The monoisotopic (exact) mass is 428 g/mol. The van der Waals surface area contributed by atoms with Crippen LogP contribution in [0.3, 0.4) is 0 Å². The van der Waals surface area contributed by atoms with Gasteiger partial charge in [0, 0.05) is 36.5 Å². The molecule has 0 bridgehead atoms. The molecule has 0 unspecified atom stereocenters. The van der Waals surface area contributed by atoms with E-state index < -0.39 is 0 Å². The fourth-order valence-corrected chi connectivity index (χ4v) is 4.65. The molecule has 1 atom stereocenters. The lowest BCUT2D eigenvalue weighted by Crippen LogP contribution is -2.29. The fraction of sp³-hybridized carbons (Fsp3) is 0.185. The van der Waals surface area contributed by atoms with Gasteiger partial charge >= 0.3 is 0 Å². The predicted octanol–water partition coefficient (Wildman–Crippen LogP) is 6.93. The first-order valence-corrected chi connectivity index (χ1v) is 11.1. The minimum atomic E-state index is 0.149. The highest BCUT2D eigenvalue weighted by Crippen LogP contribution is 2.35. The maximum Gasteiger partial charge on any atom is 0.127 e. The second-order valence-corrected chi connectivity index (χ2v) is 8.41. The molecular formula is C27H25ClN2O. The summed E-state index contributed by atoms with van der Waals surface area (Å²) in [5.41, 5.74) is 3.78. The maximum atomic E-state index is 6.27. The summed E-state index contributed by atoms with van der Waals surface area (Å²) in [6.45, 7) is 2.90. The summed E-state index contributed by atoms with van der Waals surface area (Å²) in [7, 11) is 0. The van der Waals surface area contributed by atoms with E-state index in [9.17, 15) is 0 Å². The Bertz CT molecular complexity index is 1150. The molecule has 3 nitrogen and oxygen atoms in total. The Morgan fingerprint density at radius 3 is 2.52 bits per heavy atom. The van der Waals surface area contributed by atoms with Crippen molar-refractivity contribution >= 4 is 11.6 Å². The topological polar surface area (TPSA) is 17.4 Å². The molecule has 4 heteroatoms. The molecular weight excluding hydrogens is 404 g/mol. The van der Waals surface area contributed by atoms with Crippen molar-refractivity contribution in [3.8, 4) is 11.5 Å². The van der Waals surface area contributed by atoms with Gasteiger partial charge in [-0.25, -0.2) is 0 Å². The highest BCUT2D eigenvalue weighted by atomic mass is 35.5. The predicted molar refractivity (Wildman–Crippen MR) is 126 cm³/mol. The fourth-order valence-electron chi connectivity index (χ4n) is 4.43. The van der Waals surface area contributed by atoms with Crippen LogP contribution >= 0.6 is 11.6 Å². The minimum absolute atomic E-state index is 0.149.